The Morgan fingerprint density at radius 1 is 1.50 bits per heavy atom. The molecule has 0 bridgehead atoms. The molecular weight excluding hydrogens is 204 g/mol. The smallest absolute Gasteiger partial charge is 0.319 e. The van der Waals surface area contributed by atoms with Crippen LogP contribution in [0.25, 0.3) is 0 Å². The molecule has 0 fully saturated rings. The number of methoxy groups -OCH3 is 1. The van der Waals surface area contributed by atoms with E-state index in [-0.39, 0.29) is 12.5 Å². The lowest BCUT2D eigenvalue weighted by atomic mass is 10.2. The van der Waals surface area contributed by atoms with Gasteiger partial charge in [-0.1, -0.05) is 0 Å². The average Bonchev–Trinajstić information content (AvgIpc) is 2.53. The summed E-state index contributed by atoms with van der Waals surface area (Å²) in [5.74, 6) is -0.232. The lowest BCUT2D eigenvalue weighted by Gasteiger charge is -2.06. The van der Waals surface area contributed by atoms with Crippen LogP contribution in [0.5, 0.6) is 0 Å². The van der Waals surface area contributed by atoms with E-state index in [1.165, 1.54) is 24.1 Å². The molecular formula is C12H20N2O2. The highest BCUT2D eigenvalue weighted by Gasteiger charge is 2.07. The number of carbonyl (C=O) groups is 1. The van der Waals surface area contributed by atoms with E-state index in [4.69, 9.17) is 0 Å². The summed E-state index contributed by atoms with van der Waals surface area (Å²) in [5, 5.41) is 3.07. The fraction of sp³-hybridized carbons (Fsp3) is 0.583. The molecule has 0 aliphatic rings. The standard InChI is InChI=1S/C12H20N2O2/c1-5-14-9(2)6-11(10(14)3)7-13-8-12(15)16-4/h6,13H,5,7-8H2,1-4H3. The summed E-state index contributed by atoms with van der Waals surface area (Å²) >= 11 is 0. The van der Waals surface area contributed by atoms with Gasteiger partial charge in [0.05, 0.1) is 13.7 Å². The van der Waals surface area contributed by atoms with Crippen LogP contribution in [0.3, 0.4) is 0 Å². The molecule has 1 rings (SSSR count). The molecule has 16 heavy (non-hydrogen) atoms. The Morgan fingerprint density at radius 3 is 2.69 bits per heavy atom. The van der Waals surface area contributed by atoms with Gasteiger partial charge in [-0.05, 0) is 32.4 Å². The summed E-state index contributed by atoms with van der Waals surface area (Å²) in [5.41, 5.74) is 3.76. The van der Waals surface area contributed by atoms with E-state index in [2.05, 4.69) is 41.5 Å². The summed E-state index contributed by atoms with van der Waals surface area (Å²) < 4.78 is 6.82. The average molecular weight is 224 g/mol. The van der Waals surface area contributed by atoms with Crippen molar-refractivity contribution in [2.45, 2.75) is 33.9 Å². The minimum Gasteiger partial charge on any atom is -0.468 e. The van der Waals surface area contributed by atoms with Gasteiger partial charge in [0.1, 0.15) is 0 Å². The number of nitrogens with one attached hydrogen (secondary N) is 1. The summed E-state index contributed by atoms with van der Waals surface area (Å²) in [4.78, 5) is 10.9. The number of rotatable bonds is 5. The maximum absolute atomic E-state index is 10.9. The van der Waals surface area contributed by atoms with E-state index in [1.54, 1.807) is 0 Å². The van der Waals surface area contributed by atoms with Gasteiger partial charge >= 0.3 is 5.97 Å². The Balaban J connectivity index is 2.58. The van der Waals surface area contributed by atoms with Crippen molar-refractivity contribution >= 4 is 5.97 Å². The molecule has 0 aliphatic carbocycles. The first-order valence-electron chi connectivity index (χ1n) is 5.53. The monoisotopic (exact) mass is 224 g/mol. The van der Waals surface area contributed by atoms with E-state index >= 15 is 0 Å². The van der Waals surface area contributed by atoms with Crippen LogP contribution in [0.1, 0.15) is 23.9 Å². The van der Waals surface area contributed by atoms with E-state index < -0.39 is 0 Å². The summed E-state index contributed by atoms with van der Waals surface area (Å²) in [6, 6.07) is 2.16. The number of nitrogens with zero attached hydrogens (tertiary/aromatic N) is 1. The van der Waals surface area contributed by atoms with Gasteiger partial charge in [0.25, 0.3) is 0 Å². The molecule has 1 heterocycles. The van der Waals surface area contributed by atoms with Crippen LogP contribution >= 0.6 is 0 Å². The lowest BCUT2D eigenvalue weighted by Crippen LogP contribution is -2.23. The minimum absolute atomic E-state index is 0.232. The van der Waals surface area contributed by atoms with Gasteiger partial charge in [-0.15, -0.1) is 0 Å². The highest BCUT2D eigenvalue weighted by molar-refractivity contribution is 5.71. The van der Waals surface area contributed by atoms with Crippen LogP contribution in [-0.4, -0.2) is 24.2 Å². The molecule has 0 radical (unpaired) electrons. The van der Waals surface area contributed by atoms with Gasteiger partial charge in [0.2, 0.25) is 0 Å². The second kappa shape index (κ2) is 5.70. The van der Waals surface area contributed by atoms with Crippen LogP contribution < -0.4 is 5.32 Å². The molecule has 4 nitrogen and oxygen atoms in total. The fourth-order valence-electron chi connectivity index (χ4n) is 1.91. The van der Waals surface area contributed by atoms with Crippen LogP contribution in [0.2, 0.25) is 0 Å². The van der Waals surface area contributed by atoms with Crippen molar-refractivity contribution < 1.29 is 9.53 Å². The molecule has 1 aromatic heterocycles. The van der Waals surface area contributed by atoms with Crippen LogP contribution in [-0.2, 0) is 22.6 Å². The van der Waals surface area contributed by atoms with Crippen molar-refractivity contribution in [3.63, 3.8) is 0 Å². The fourth-order valence-corrected chi connectivity index (χ4v) is 1.91. The predicted octanol–water partition coefficient (Wildman–Crippen LogP) is 1.39. The molecule has 0 atom stereocenters. The first kappa shape index (κ1) is 12.8. The molecule has 0 unspecified atom stereocenters. The largest absolute Gasteiger partial charge is 0.468 e. The number of hydrogen-bond acceptors (Lipinski definition) is 3. The maximum atomic E-state index is 10.9. The van der Waals surface area contributed by atoms with Crippen LogP contribution in [0.4, 0.5) is 0 Å². The van der Waals surface area contributed by atoms with Crippen molar-refractivity contribution in [3.8, 4) is 0 Å². The van der Waals surface area contributed by atoms with Crippen molar-refractivity contribution in [1.29, 1.82) is 0 Å². The van der Waals surface area contributed by atoms with Crippen molar-refractivity contribution in [2.24, 2.45) is 0 Å². The molecule has 4 heteroatoms. The van der Waals surface area contributed by atoms with E-state index in [0.29, 0.717) is 6.54 Å². The number of aromatic nitrogens is 1. The normalized spacial score (nSPS) is 10.5. The minimum atomic E-state index is -0.232. The molecule has 0 saturated carbocycles. The first-order valence-corrected chi connectivity index (χ1v) is 5.53. The van der Waals surface area contributed by atoms with E-state index in [9.17, 15) is 4.79 Å². The number of ether oxygens (including phenoxy) is 1. The number of carbonyl (C=O) groups excluding carboxylic acids is 1. The summed E-state index contributed by atoms with van der Waals surface area (Å²) in [6.45, 7) is 8.27. The number of hydrogen-bond donors (Lipinski definition) is 1. The topological polar surface area (TPSA) is 43.3 Å². The maximum Gasteiger partial charge on any atom is 0.319 e. The number of esters is 1. The molecule has 0 aromatic carbocycles. The number of aryl methyl sites for hydroxylation is 1. The Kier molecular flexibility index (Phi) is 4.55. The summed E-state index contributed by atoms with van der Waals surface area (Å²) in [6.07, 6.45) is 0. The van der Waals surface area contributed by atoms with Crippen molar-refractivity contribution in [3.05, 3.63) is 23.0 Å². The molecule has 0 saturated heterocycles. The third kappa shape index (κ3) is 2.85. The van der Waals surface area contributed by atoms with Crippen molar-refractivity contribution in [2.75, 3.05) is 13.7 Å². The highest BCUT2D eigenvalue weighted by atomic mass is 16.5. The molecule has 1 N–H and O–H groups in total. The van der Waals surface area contributed by atoms with Gasteiger partial charge in [0, 0.05) is 24.5 Å². The Bertz CT molecular complexity index is 369. The zero-order valence-electron chi connectivity index (χ0n) is 10.5. The molecule has 90 valence electrons. The highest BCUT2D eigenvalue weighted by Crippen LogP contribution is 2.14. The third-order valence-electron chi connectivity index (χ3n) is 2.81. The molecule has 1 aromatic rings. The zero-order chi connectivity index (χ0) is 12.1. The Hall–Kier alpha value is -1.29. The lowest BCUT2D eigenvalue weighted by molar-refractivity contribution is -0.139. The Labute approximate surface area is 96.6 Å². The van der Waals surface area contributed by atoms with Gasteiger partial charge in [-0.25, -0.2) is 0 Å². The van der Waals surface area contributed by atoms with E-state index in [0.717, 1.165) is 6.54 Å². The Morgan fingerprint density at radius 2 is 2.19 bits per heavy atom. The molecule has 0 aliphatic heterocycles. The van der Waals surface area contributed by atoms with Gasteiger partial charge in [-0.2, -0.15) is 0 Å². The SMILES string of the molecule is CCn1c(C)cc(CNCC(=O)OC)c1C. The molecule has 0 amide bonds. The van der Waals surface area contributed by atoms with Gasteiger partial charge < -0.3 is 14.6 Å². The third-order valence-corrected chi connectivity index (χ3v) is 2.81. The summed E-state index contributed by atoms with van der Waals surface area (Å²) in [7, 11) is 1.40. The molecule has 0 spiro atoms. The first-order chi connectivity index (χ1) is 7.60. The van der Waals surface area contributed by atoms with Crippen molar-refractivity contribution in [1.82, 2.24) is 9.88 Å². The van der Waals surface area contributed by atoms with Gasteiger partial charge in [0.15, 0.2) is 0 Å². The van der Waals surface area contributed by atoms with Gasteiger partial charge in [-0.3, -0.25) is 4.79 Å². The quantitative estimate of drug-likeness (QED) is 0.769. The zero-order valence-corrected chi connectivity index (χ0v) is 10.5. The second-order valence-electron chi connectivity index (χ2n) is 3.82. The second-order valence-corrected chi connectivity index (χ2v) is 3.82. The van der Waals surface area contributed by atoms with Crippen LogP contribution in [0, 0.1) is 13.8 Å². The predicted molar refractivity (Wildman–Crippen MR) is 63.3 cm³/mol. The van der Waals surface area contributed by atoms with Crippen LogP contribution in [0.15, 0.2) is 6.07 Å². The van der Waals surface area contributed by atoms with E-state index in [1.807, 2.05) is 0 Å².